The number of hydrogen-bond acceptors (Lipinski definition) is 4. The van der Waals surface area contributed by atoms with Crippen molar-refractivity contribution in [1.29, 1.82) is 5.26 Å². The smallest absolute Gasteiger partial charge is 0.255 e. The van der Waals surface area contributed by atoms with Gasteiger partial charge in [-0.15, -0.1) is 0 Å². The normalized spacial score (nSPS) is 15.1. The van der Waals surface area contributed by atoms with Gasteiger partial charge in [0.25, 0.3) is 5.91 Å². The Morgan fingerprint density at radius 2 is 2.06 bits per heavy atom. The highest BCUT2D eigenvalue weighted by atomic mass is 16.2. The first kappa shape index (κ1) is 12.0. The molecule has 1 aromatic heterocycles. The molecule has 2 heterocycles. The van der Waals surface area contributed by atoms with Crippen LogP contribution in [0.1, 0.15) is 16.1 Å². The molecule has 0 spiro atoms. The van der Waals surface area contributed by atoms with Gasteiger partial charge in [0, 0.05) is 32.4 Å². The van der Waals surface area contributed by atoms with Crippen molar-refractivity contribution in [3.05, 3.63) is 29.6 Å². The van der Waals surface area contributed by atoms with Gasteiger partial charge in [0.15, 0.2) is 0 Å². The number of carbonyl (C=O) groups is 2. The van der Waals surface area contributed by atoms with Crippen molar-refractivity contribution < 1.29 is 9.59 Å². The van der Waals surface area contributed by atoms with Crippen LogP contribution >= 0.6 is 0 Å². The predicted octanol–water partition coefficient (Wildman–Crippen LogP) is -0.133. The van der Waals surface area contributed by atoms with E-state index in [0.29, 0.717) is 31.7 Å². The number of aromatic nitrogens is 1. The summed E-state index contributed by atoms with van der Waals surface area (Å²) in [5, 5.41) is 8.63. The van der Waals surface area contributed by atoms with Crippen LogP contribution in [0.5, 0.6) is 0 Å². The summed E-state index contributed by atoms with van der Waals surface area (Å²) in [4.78, 5) is 29.8. The molecule has 0 atom stereocenters. The van der Waals surface area contributed by atoms with Crippen LogP contribution in [0.3, 0.4) is 0 Å². The van der Waals surface area contributed by atoms with Gasteiger partial charge in [-0.2, -0.15) is 5.26 Å². The Hall–Kier alpha value is -2.42. The molecular weight excluding hydrogens is 232 g/mol. The van der Waals surface area contributed by atoms with E-state index in [1.807, 2.05) is 6.07 Å². The molecule has 0 radical (unpaired) electrons. The third-order valence-electron chi connectivity index (χ3n) is 2.88. The lowest BCUT2D eigenvalue weighted by Crippen LogP contribution is -2.48. The highest BCUT2D eigenvalue weighted by Crippen LogP contribution is 2.07. The van der Waals surface area contributed by atoms with Crippen molar-refractivity contribution in [2.75, 3.05) is 26.2 Å². The van der Waals surface area contributed by atoms with Crippen molar-refractivity contribution >= 4 is 12.3 Å². The number of piperazine rings is 1. The second-order valence-electron chi connectivity index (χ2n) is 3.98. The van der Waals surface area contributed by atoms with Gasteiger partial charge in [0.2, 0.25) is 6.41 Å². The number of nitriles is 1. The lowest BCUT2D eigenvalue weighted by molar-refractivity contribution is -0.119. The zero-order valence-electron chi connectivity index (χ0n) is 9.74. The molecule has 2 amide bonds. The van der Waals surface area contributed by atoms with Crippen LogP contribution < -0.4 is 0 Å². The maximum absolute atomic E-state index is 12.1. The number of carbonyl (C=O) groups excluding carboxylic acids is 2. The Kier molecular flexibility index (Phi) is 3.53. The minimum absolute atomic E-state index is 0.113. The first-order valence-electron chi connectivity index (χ1n) is 5.59. The van der Waals surface area contributed by atoms with Gasteiger partial charge < -0.3 is 9.80 Å². The maximum atomic E-state index is 12.1. The molecule has 0 N–H and O–H groups in total. The molecule has 2 rings (SSSR count). The van der Waals surface area contributed by atoms with E-state index in [0.717, 1.165) is 6.41 Å². The Morgan fingerprint density at radius 3 is 2.56 bits per heavy atom. The first-order chi connectivity index (χ1) is 8.74. The quantitative estimate of drug-likeness (QED) is 0.679. The molecule has 0 bridgehead atoms. The summed E-state index contributed by atoms with van der Waals surface area (Å²) in [5.41, 5.74) is 0.755. The van der Waals surface area contributed by atoms with E-state index < -0.39 is 0 Å². The molecule has 92 valence electrons. The number of rotatable bonds is 2. The number of amides is 2. The minimum Gasteiger partial charge on any atom is -0.342 e. The Balaban J connectivity index is 2.03. The van der Waals surface area contributed by atoms with Gasteiger partial charge in [-0.05, 0) is 12.1 Å². The Labute approximate surface area is 104 Å². The first-order valence-corrected chi connectivity index (χ1v) is 5.59. The molecule has 0 aliphatic carbocycles. The third-order valence-corrected chi connectivity index (χ3v) is 2.88. The fourth-order valence-corrected chi connectivity index (χ4v) is 1.80. The molecule has 18 heavy (non-hydrogen) atoms. The van der Waals surface area contributed by atoms with Crippen molar-refractivity contribution in [3.8, 4) is 6.07 Å². The second kappa shape index (κ2) is 5.27. The molecule has 6 heteroatoms. The van der Waals surface area contributed by atoms with Crippen molar-refractivity contribution in [2.24, 2.45) is 0 Å². The number of nitrogens with zero attached hydrogens (tertiary/aromatic N) is 4. The van der Waals surface area contributed by atoms with Crippen molar-refractivity contribution in [3.63, 3.8) is 0 Å². The summed E-state index contributed by atoms with van der Waals surface area (Å²) in [6, 6.07) is 5.02. The Bertz CT molecular complexity index is 484. The topological polar surface area (TPSA) is 77.3 Å². The number of hydrogen-bond donors (Lipinski definition) is 0. The lowest BCUT2D eigenvalue weighted by atomic mass is 10.2. The van der Waals surface area contributed by atoms with Crippen LogP contribution in [0.2, 0.25) is 0 Å². The van der Waals surface area contributed by atoms with Gasteiger partial charge in [0.05, 0.1) is 5.56 Å². The summed E-state index contributed by atoms with van der Waals surface area (Å²) >= 11 is 0. The fourth-order valence-electron chi connectivity index (χ4n) is 1.80. The highest BCUT2D eigenvalue weighted by Gasteiger charge is 2.21. The summed E-state index contributed by atoms with van der Waals surface area (Å²) in [6.07, 6.45) is 2.21. The van der Waals surface area contributed by atoms with E-state index >= 15 is 0 Å². The highest BCUT2D eigenvalue weighted by molar-refractivity contribution is 5.94. The molecule has 0 aromatic carbocycles. The second-order valence-corrected chi connectivity index (χ2v) is 3.98. The molecule has 1 aromatic rings. The van der Waals surface area contributed by atoms with E-state index in [9.17, 15) is 9.59 Å². The van der Waals surface area contributed by atoms with Crippen LogP contribution in [0, 0.1) is 11.3 Å². The predicted molar refractivity (Wildman–Crippen MR) is 62.5 cm³/mol. The largest absolute Gasteiger partial charge is 0.342 e. The molecule has 1 saturated heterocycles. The number of pyridine rings is 1. The zero-order chi connectivity index (χ0) is 13.0. The molecule has 1 fully saturated rings. The van der Waals surface area contributed by atoms with Crippen LogP contribution in [0.25, 0.3) is 0 Å². The fraction of sp³-hybridized carbons (Fsp3) is 0.333. The van der Waals surface area contributed by atoms with Gasteiger partial charge in [-0.25, -0.2) is 4.98 Å². The van der Waals surface area contributed by atoms with E-state index in [-0.39, 0.29) is 11.6 Å². The minimum atomic E-state index is -0.113. The van der Waals surface area contributed by atoms with Crippen LogP contribution in [-0.4, -0.2) is 53.3 Å². The van der Waals surface area contributed by atoms with Gasteiger partial charge in [-0.1, -0.05) is 0 Å². The SMILES string of the molecule is N#Cc1ccc(C(=O)N2CCN(C=O)CC2)cn1. The molecule has 1 aliphatic rings. The maximum Gasteiger partial charge on any atom is 0.255 e. The van der Waals surface area contributed by atoms with E-state index in [1.165, 1.54) is 12.3 Å². The van der Waals surface area contributed by atoms with E-state index in [1.54, 1.807) is 15.9 Å². The van der Waals surface area contributed by atoms with Gasteiger partial charge in [-0.3, -0.25) is 9.59 Å². The summed E-state index contributed by atoms with van der Waals surface area (Å²) < 4.78 is 0. The standard InChI is InChI=1S/C12H12N4O2/c13-7-11-2-1-10(8-14-11)12(18)16-5-3-15(9-17)4-6-16/h1-2,8-9H,3-6H2. The zero-order valence-corrected chi connectivity index (χ0v) is 9.74. The van der Waals surface area contributed by atoms with Crippen LogP contribution in [0.15, 0.2) is 18.3 Å². The monoisotopic (exact) mass is 244 g/mol. The van der Waals surface area contributed by atoms with Gasteiger partial charge >= 0.3 is 0 Å². The average molecular weight is 244 g/mol. The summed E-state index contributed by atoms with van der Waals surface area (Å²) in [7, 11) is 0. The van der Waals surface area contributed by atoms with Crippen molar-refractivity contribution in [2.45, 2.75) is 0 Å². The van der Waals surface area contributed by atoms with Crippen molar-refractivity contribution in [1.82, 2.24) is 14.8 Å². The summed E-state index contributed by atoms with van der Waals surface area (Å²) in [5.74, 6) is -0.113. The Morgan fingerprint density at radius 1 is 1.33 bits per heavy atom. The van der Waals surface area contributed by atoms with Crippen LogP contribution in [0.4, 0.5) is 0 Å². The molecular formula is C12H12N4O2. The molecule has 0 unspecified atom stereocenters. The third kappa shape index (κ3) is 2.46. The molecule has 0 saturated carbocycles. The molecule has 1 aliphatic heterocycles. The van der Waals surface area contributed by atoms with Gasteiger partial charge in [0.1, 0.15) is 11.8 Å². The molecule has 6 nitrogen and oxygen atoms in total. The van der Waals surface area contributed by atoms with Crippen LogP contribution in [-0.2, 0) is 4.79 Å². The lowest BCUT2D eigenvalue weighted by Gasteiger charge is -2.32. The average Bonchev–Trinajstić information content (AvgIpc) is 2.47. The van der Waals surface area contributed by atoms with E-state index in [4.69, 9.17) is 5.26 Å². The summed E-state index contributed by atoms with van der Waals surface area (Å²) in [6.45, 7) is 2.16. The van der Waals surface area contributed by atoms with E-state index in [2.05, 4.69) is 4.98 Å².